The molecule has 1 rings (SSSR count). The van der Waals surface area contributed by atoms with Gasteiger partial charge in [-0.2, -0.15) is 8.42 Å². The van der Waals surface area contributed by atoms with Crippen LogP contribution in [0.4, 0.5) is 0 Å². The van der Waals surface area contributed by atoms with Crippen LogP contribution >= 0.6 is 0 Å². The van der Waals surface area contributed by atoms with E-state index in [4.69, 9.17) is 0 Å². The summed E-state index contributed by atoms with van der Waals surface area (Å²) in [4.78, 5) is 0. The Kier molecular flexibility index (Phi) is 4.85. The molecule has 0 bridgehead atoms. The minimum Gasteiger partial charge on any atom is -0.383 e. The maximum absolute atomic E-state index is 10.6. The molecule has 5 heteroatoms. The molecule has 0 fully saturated rings. The smallest absolute Gasteiger partial charge is 0.306 e. The fraction of sp³-hybridized carbons (Fsp3) is 0.143. The van der Waals surface area contributed by atoms with Gasteiger partial charge in [0.05, 0.1) is 6.26 Å². The number of para-hydroxylation sites is 1. The topological polar surface area (TPSA) is 43.4 Å². The molecule has 61 valence electrons. The predicted octanol–water partition coefficient (Wildman–Crippen LogP) is 0.644. The van der Waals surface area contributed by atoms with Crippen molar-refractivity contribution in [1.29, 1.82) is 0 Å². The number of hydrogen-bond donors (Lipinski definition) is 0. The first-order valence-electron chi connectivity index (χ1n) is 3.02. The van der Waals surface area contributed by atoms with Crippen LogP contribution in [-0.2, 0) is 10.1 Å². The molecule has 1 aromatic carbocycles. The summed E-state index contributed by atoms with van der Waals surface area (Å²) in [6.45, 7) is 0. The predicted molar refractivity (Wildman–Crippen MR) is 47.7 cm³/mol. The van der Waals surface area contributed by atoms with Gasteiger partial charge in [-0.3, -0.25) is 0 Å². The fourth-order valence-corrected chi connectivity index (χ4v) is 1.11. The van der Waals surface area contributed by atoms with Gasteiger partial charge in [-0.15, -0.1) is 0 Å². The molecule has 1 radical (unpaired) electrons. The molecular weight excluding hydrogens is 187 g/mol. The second-order valence-electron chi connectivity index (χ2n) is 2.10. The van der Waals surface area contributed by atoms with Crippen LogP contribution in [-0.4, -0.2) is 44.2 Å². The second kappa shape index (κ2) is 4.87. The van der Waals surface area contributed by atoms with E-state index in [1.54, 1.807) is 30.3 Å². The fourth-order valence-electron chi connectivity index (χ4n) is 0.651. The summed E-state index contributed by atoms with van der Waals surface area (Å²) in [6.07, 6.45) is 1.01. The van der Waals surface area contributed by atoms with E-state index < -0.39 is 10.1 Å². The molecule has 0 saturated heterocycles. The van der Waals surface area contributed by atoms with Crippen LogP contribution < -0.4 is 4.18 Å². The summed E-state index contributed by atoms with van der Waals surface area (Å²) in [5.41, 5.74) is 0. The van der Waals surface area contributed by atoms with Crippen LogP contribution in [0.15, 0.2) is 30.3 Å². The SMILES string of the molecule is CS(=O)(=O)Oc1ccccc1.[Na]. The first-order valence-corrected chi connectivity index (χ1v) is 4.84. The van der Waals surface area contributed by atoms with Crippen LogP contribution in [0.2, 0.25) is 0 Å². The first kappa shape index (κ1) is 12.0. The zero-order valence-corrected chi connectivity index (χ0v) is 9.84. The zero-order valence-electron chi connectivity index (χ0n) is 7.02. The van der Waals surface area contributed by atoms with E-state index in [1.165, 1.54) is 0 Å². The maximum atomic E-state index is 10.6. The zero-order chi connectivity index (χ0) is 8.32. The van der Waals surface area contributed by atoms with Crippen molar-refractivity contribution in [3.63, 3.8) is 0 Å². The van der Waals surface area contributed by atoms with Gasteiger partial charge >= 0.3 is 10.1 Å². The van der Waals surface area contributed by atoms with E-state index in [0.717, 1.165) is 6.26 Å². The van der Waals surface area contributed by atoms with Crippen molar-refractivity contribution in [1.82, 2.24) is 0 Å². The summed E-state index contributed by atoms with van der Waals surface area (Å²) >= 11 is 0. The summed E-state index contributed by atoms with van der Waals surface area (Å²) in [7, 11) is -3.38. The van der Waals surface area contributed by atoms with Crippen molar-refractivity contribution >= 4 is 39.7 Å². The molecule has 3 nitrogen and oxygen atoms in total. The van der Waals surface area contributed by atoms with Gasteiger partial charge in [0, 0.05) is 29.6 Å². The van der Waals surface area contributed by atoms with Gasteiger partial charge in [-0.25, -0.2) is 0 Å². The molecule has 0 amide bonds. The Morgan fingerprint density at radius 1 is 1.17 bits per heavy atom. The Balaban J connectivity index is 0.00000121. The van der Waals surface area contributed by atoms with Crippen molar-refractivity contribution in [3.8, 4) is 5.75 Å². The standard InChI is InChI=1S/C7H8O3S.Na/c1-11(8,9)10-7-5-3-2-4-6-7;/h2-6H,1H3;. The molecule has 0 N–H and O–H groups in total. The van der Waals surface area contributed by atoms with Crippen LogP contribution in [0.1, 0.15) is 0 Å². The van der Waals surface area contributed by atoms with E-state index in [1.807, 2.05) is 0 Å². The van der Waals surface area contributed by atoms with Crippen molar-refractivity contribution in [2.75, 3.05) is 6.26 Å². The minimum absolute atomic E-state index is 0. The molecule has 0 unspecified atom stereocenters. The van der Waals surface area contributed by atoms with Gasteiger partial charge in [0.2, 0.25) is 0 Å². The summed E-state index contributed by atoms with van der Waals surface area (Å²) < 4.78 is 25.7. The summed E-state index contributed by atoms with van der Waals surface area (Å²) in [6, 6.07) is 8.37. The van der Waals surface area contributed by atoms with Gasteiger partial charge in [0.15, 0.2) is 0 Å². The molecule has 0 aromatic heterocycles. The summed E-state index contributed by atoms with van der Waals surface area (Å²) in [5.74, 6) is 0.343. The van der Waals surface area contributed by atoms with Gasteiger partial charge in [-0.05, 0) is 12.1 Å². The molecule has 0 saturated carbocycles. The second-order valence-corrected chi connectivity index (χ2v) is 3.68. The Hall–Kier alpha value is -0.0300. The number of benzene rings is 1. The normalized spacial score (nSPS) is 10.1. The average Bonchev–Trinajstić information content (AvgIpc) is 1.85. The van der Waals surface area contributed by atoms with Crippen molar-refractivity contribution in [2.45, 2.75) is 0 Å². The molecule has 12 heavy (non-hydrogen) atoms. The van der Waals surface area contributed by atoms with E-state index in [-0.39, 0.29) is 29.6 Å². The quantitative estimate of drug-likeness (QED) is 0.514. The third-order valence-electron chi connectivity index (χ3n) is 0.991. The Morgan fingerprint density at radius 2 is 1.67 bits per heavy atom. The van der Waals surface area contributed by atoms with E-state index >= 15 is 0 Å². The molecule has 0 atom stereocenters. The Morgan fingerprint density at radius 3 is 2.08 bits per heavy atom. The first-order chi connectivity index (χ1) is 5.08. The number of hydrogen-bond acceptors (Lipinski definition) is 3. The van der Waals surface area contributed by atoms with Crippen LogP contribution in [0, 0.1) is 0 Å². The minimum atomic E-state index is -3.38. The van der Waals surface area contributed by atoms with Crippen LogP contribution in [0.5, 0.6) is 5.75 Å². The van der Waals surface area contributed by atoms with Crippen LogP contribution in [0.25, 0.3) is 0 Å². The molecule has 0 aliphatic heterocycles. The Bertz CT molecular complexity index is 320. The van der Waals surface area contributed by atoms with Crippen molar-refractivity contribution in [3.05, 3.63) is 30.3 Å². The van der Waals surface area contributed by atoms with E-state index in [2.05, 4.69) is 4.18 Å². The van der Waals surface area contributed by atoms with Gasteiger partial charge in [0.25, 0.3) is 0 Å². The molecule has 0 aliphatic rings. The summed E-state index contributed by atoms with van der Waals surface area (Å²) in [5, 5.41) is 0. The third kappa shape index (κ3) is 4.77. The molecule has 0 spiro atoms. The van der Waals surface area contributed by atoms with E-state index in [9.17, 15) is 8.42 Å². The van der Waals surface area contributed by atoms with Gasteiger partial charge < -0.3 is 4.18 Å². The molecule has 1 aromatic rings. The monoisotopic (exact) mass is 195 g/mol. The largest absolute Gasteiger partial charge is 0.383 e. The Labute approximate surface area is 94.2 Å². The maximum Gasteiger partial charge on any atom is 0.306 e. The number of rotatable bonds is 2. The third-order valence-corrected chi connectivity index (χ3v) is 1.49. The molecular formula is C7H8NaO3S. The average molecular weight is 195 g/mol. The van der Waals surface area contributed by atoms with Gasteiger partial charge in [-0.1, -0.05) is 18.2 Å². The van der Waals surface area contributed by atoms with E-state index in [0.29, 0.717) is 5.75 Å². The van der Waals surface area contributed by atoms with Crippen molar-refractivity contribution < 1.29 is 12.6 Å². The van der Waals surface area contributed by atoms with Crippen LogP contribution in [0.3, 0.4) is 0 Å². The molecule has 0 aliphatic carbocycles. The van der Waals surface area contributed by atoms with Gasteiger partial charge in [0.1, 0.15) is 5.75 Å². The molecule has 0 heterocycles. The van der Waals surface area contributed by atoms with Crippen molar-refractivity contribution in [2.24, 2.45) is 0 Å².